The van der Waals surface area contributed by atoms with Crippen molar-refractivity contribution in [2.75, 3.05) is 0 Å². The van der Waals surface area contributed by atoms with Crippen LogP contribution in [0.3, 0.4) is 0 Å². The molecule has 1 aromatic carbocycles. The molecule has 0 spiro atoms. The van der Waals surface area contributed by atoms with E-state index in [-0.39, 0.29) is 18.2 Å². The van der Waals surface area contributed by atoms with E-state index in [1.165, 1.54) is 24.6 Å². The number of rotatable bonds is 3. The van der Waals surface area contributed by atoms with Crippen molar-refractivity contribution in [2.45, 2.75) is 50.9 Å². The van der Waals surface area contributed by atoms with Gasteiger partial charge >= 0.3 is 12.2 Å². The predicted molar refractivity (Wildman–Crippen MR) is 73.7 cm³/mol. The van der Waals surface area contributed by atoms with Crippen LogP contribution in [0.4, 0.5) is 18.0 Å². The number of carbonyl (C=O) groups is 1. The number of urea groups is 1. The van der Waals surface area contributed by atoms with Crippen molar-refractivity contribution in [3.05, 3.63) is 35.4 Å². The van der Waals surface area contributed by atoms with E-state index >= 15 is 0 Å². The van der Waals surface area contributed by atoms with Gasteiger partial charge in [0.15, 0.2) is 0 Å². The lowest BCUT2D eigenvalue weighted by Crippen LogP contribution is -2.42. The second-order valence-corrected chi connectivity index (χ2v) is 5.32. The first kappa shape index (κ1) is 15.7. The molecule has 0 aliphatic heterocycles. The second-order valence-electron chi connectivity index (χ2n) is 5.32. The van der Waals surface area contributed by atoms with Crippen molar-refractivity contribution < 1.29 is 18.0 Å². The summed E-state index contributed by atoms with van der Waals surface area (Å²) in [6.45, 7) is -0.131. The summed E-state index contributed by atoms with van der Waals surface area (Å²) in [5.41, 5.74) is -0.633. The Morgan fingerprint density at radius 1 is 1.14 bits per heavy atom. The molecule has 1 aromatic rings. The van der Waals surface area contributed by atoms with Gasteiger partial charge in [-0.1, -0.05) is 37.5 Å². The first-order valence-corrected chi connectivity index (χ1v) is 7.16. The van der Waals surface area contributed by atoms with Crippen molar-refractivity contribution in [3.8, 4) is 0 Å². The third kappa shape index (κ3) is 4.65. The summed E-state index contributed by atoms with van der Waals surface area (Å²) in [4.78, 5) is 11.7. The van der Waals surface area contributed by atoms with E-state index in [1.807, 2.05) is 0 Å². The fourth-order valence-electron chi connectivity index (χ4n) is 2.61. The molecule has 3 nitrogen and oxygen atoms in total. The number of hydrogen-bond acceptors (Lipinski definition) is 1. The normalized spacial score (nSPS) is 16.5. The molecule has 0 bridgehead atoms. The number of nitrogens with one attached hydrogen (secondary N) is 2. The smallest absolute Gasteiger partial charge is 0.335 e. The van der Waals surface area contributed by atoms with Crippen LogP contribution in [-0.2, 0) is 12.7 Å². The number of carbonyl (C=O) groups excluding carboxylic acids is 1. The van der Waals surface area contributed by atoms with Gasteiger partial charge in [-0.05, 0) is 24.5 Å². The molecule has 2 amide bonds. The van der Waals surface area contributed by atoms with Gasteiger partial charge in [-0.25, -0.2) is 4.79 Å². The summed E-state index contributed by atoms with van der Waals surface area (Å²) in [7, 11) is 0. The molecule has 1 saturated carbocycles. The molecule has 0 radical (unpaired) electrons. The standard InChI is InChI=1S/C15H19F3N2O/c16-15(17,18)13-9-5-4-6-11(13)10-19-14(21)20-12-7-2-1-3-8-12/h4-6,9,12H,1-3,7-8,10H2,(H2,19,20,21). The third-order valence-electron chi connectivity index (χ3n) is 3.70. The van der Waals surface area contributed by atoms with Crippen molar-refractivity contribution in [3.63, 3.8) is 0 Å². The Labute approximate surface area is 121 Å². The summed E-state index contributed by atoms with van der Waals surface area (Å²) >= 11 is 0. The van der Waals surface area contributed by atoms with Crippen LogP contribution >= 0.6 is 0 Å². The van der Waals surface area contributed by atoms with Crippen molar-refractivity contribution >= 4 is 6.03 Å². The van der Waals surface area contributed by atoms with Crippen LogP contribution in [0, 0.1) is 0 Å². The van der Waals surface area contributed by atoms with E-state index in [2.05, 4.69) is 10.6 Å². The first-order valence-electron chi connectivity index (χ1n) is 7.16. The summed E-state index contributed by atoms with van der Waals surface area (Å²) in [6.07, 6.45) is 0.819. The molecule has 1 aliphatic rings. The Balaban J connectivity index is 1.89. The van der Waals surface area contributed by atoms with Crippen LogP contribution in [0.25, 0.3) is 0 Å². The maximum Gasteiger partial charge on any atom is 0.416 e. The second kappa shape index (κ2) is 6.83. The highest BCUT2D eigenvalue weighted by Gasteiger charge is 2.32. The Kier molecular flexibility index (Phi) is 5.09. The molecule has 1 fully saturated rings. The van der Waals surface area contributed by atoms with Gasteiger partial charge in [0.2, 0.25) is 0 Å². The minimum atomic E-state index is -4.40. The molecular formula is C15H19F3N2O. The zero-order valence-corrected chi connectivity index (χ0v) is 11.7. The molecule has 0 unspecified atom stereocenters. The van der Waals surface area contributed by atoms with Crippen LogP contribution in [0.2, 0.25) is 0 Å². The lowest BCUT2D eigenvalue weighted by molar-refractivity contribution is -0.138. The zero-order chi connectivity index (χ0) is 15.3. The van der Waals surface area contributed by atoms with E-state index in [1.54, 1.807) is 0 Å². The lowest BCUT2D eigenvalue weighted by Gasteiger charge is -2.23. The molecule has 2 N–H and O–H groups in total. The third-order valence-corrected chi connectivity index (χ3v) is 3.70. The van der Waals surface area contributed by atoms with Crippen LogP contribution in [-0.4, -0.2) is 12.1 Å². The number of benzene rings is 1. The van der Waals surface area contributed by atoms with Gasteiger partial charge in [-0.15, -0.1) is 0 Å². The van der Waals surface area contributed by atoms with Gasteiger partial charge in [0.1, 0.15) is 0 Å². The average molecular weight is 300 g/mol. The monoisotopic (exact) mass is 300 g/mol. The molecule has 0 aromatic heterocycles. The molecule has 21 heavy (non-hydrogen) atoms. The lowest BCUT2D eigenvalue weighted by atomic mass is 9.96. The van der Waals surface area contributed by atoms with Gasteiger partial charge in [0.05, 0.1) is 5.56 Å². The first-order chi connectivity index (χ1) is 9.97. The van der Waals surface area contributed by atoms with Crippen molar-refractivity contribution in [2.24, 2.45) is 0 Å². The van der Waals surface area contributed by atoms with Crippen molar-refractivity contribution in [1.29, 1.82) is 0 Å². The quantitative estimate of drug-likeness (QED) is 0.875. The molecule has 6 heteroatoms. The van der Waals surface area contributed by atoms with Crippen LogP contribution in [0.5, 0.6) is 0 Å². The topological polar surface area (TPSA) is 41.1 Å². The molecule has 116 valence electrons. The Bertz CT molecular complexity index is 482. The van der Waals surface area contributed by atoms with Gasteiger partial charge in [-0.2, -0.15) is 13.2 Å². The Hall–Kier alpha value is -1.72. The Morgan fingerprint density at radius 3 is 2.48 bits per heavy atom. The highest BCUT2D eigenvalue weighted by Crippen LogP contribution is 2.31. The summed E-state index contributed by atoms with van der Waals surface area (Å²) < 4.78 is 38.5. The fourth-order valence-corrected chi connectivity index (χ4v) is 2.61. The van der Waals surface area contributed by atoms with Crippen LogP contribution < -0.4 is 10.6 Å². The van der Waals surface area contributed by atoms with Crippen molar-refractivity contribution in [1.82, 2.24) is 10.6 Å². The zero-order valence-electron chi connectivity index (χ0n) is 11.7. The summed E-state index contributed by atoms with van der Waals surface area (Å²) in [5.74, 6) is 0. The molecule has 0 heterocycles. The maximum atomic E-state index is 12.8. The van der Waals surface area contributed by atoms with Gasteiger partial charge < -0.3 is 10.6 Å². The SMILES string of the molecule is O=C(NCc1ccccc1C(F)(F)F)NC1CCCCC1. The van der Waals surface area contributed by atoms with Gasteiger partial charge in [0.25, 0.3) is 0 Å². The fraction of sp³-hybridized carbons (Fsp3) is 0.533. The number of amides is 2. The minimum absolute atomic E-state index is 0.0730. The highest BCUT2D eigenvalue weighted by molar-refractivity contribution is 5.74. The van der Waals surface area contributed by atoms with Gasteiger partial charge in [0, 0.05) is 12.6 Å². The van der Waals surface area contributed by atoms with E-state index in [0.717, 1.165) is 31.7 Å². The molecule has 1 aliphatic carbocycles. The van der Waals surface area contributed by atoms with Crippen LogP contribution in [0.1, 0.15) is 43.2 Å². The summed E-state index contributed by atoms with van der Waals surface area (Å²) in [6, 6.07) is 5.01. The van der Waals surface area contributed by atoms with Crippen LogP contribution in [0.15, 0.2) is 24.3 Å². The highest BCUT2D eigenvalue weighted by atomic mass is 19.4. The number of alkyl halides is 3. The van der Waals surface area contributed by atoms with E-state index < -0.39 is 17.8 Å². The number of hydrogen-bond donors (Lipinski definition) is 2. The minimum Gasteiger partial charge on any atom is -0.335 e. The van der Waals surface area contributed by atoms with E-state index in [0.29, 0.717) is 0 Å². The number of halogens is 3. The predicted octanol–water partition coefficient (Wildman–Crippen LogP) is 3.84. The molecule has 2 rings (SSSR count). The average Bonchev–Trinajstić information content (AvgIpc) is 2.45. The van der Waals surface area contributed by atoms with E-state index in [4.69, 9.17) is 0 Å². The molecule has 0 atom stereocenters. The maximum absolute atomic E-state index is 12.8. The van der Waals surface area contributed by atoms with E-state index in [9.17, 15) is 18.0 Å². The van der Waals surface area contributed by atoms with Gasteiger partial charge in [-0.3, -0.25) is 0 Å². The largest absolute Gasteiger partial charge is 0.416 e. The molecular weight excluding hydrogens is 281 g/mol. The Morgan fingerprint density at radius 2 is 1.81 bits per heavy atom. The molecule has 0 saturated heterocycles. The summed E-state index contributed by atoms with van der Waals surface area (Å²) in [5, 5.41) is 5.32.